The number of hydrogen-bond donors (Lipinski definition) is 0. The van der Waals surface area contributed by atoms with Crippen molar-refractivity contribution in [3.05, 3.63) is 6.92 Å². The van der Waals surface area contributed by atoms with Crippen molar-refractivity contribution >= 4 is 9.58 Å². The molecular weight excluding hydrogens is 164 g/mol. The Kier molecular flexibility index (Phi) is 83.5. The first-order chi connectivity index (χ1) is 2.00. The van der Waals surface area contributed by atoms with Gasteiger partial charge in [-0.05, 0) is 0 Å². The molecule has 0 aliphatic rings. The zero-order valence-corrected chi connectivity index (χ0v) is 4.72. The Morgan fingerprint density at radius 3 is 1.50 bits per heavy atom. The Balaban J connectivity index is 0. The Labute approximate surface area is 42.8 Å². The molecule has 0 rings (SSSR count). The average molecular weight is 169 g/mol. The standard InChI is InChI=1S/C2H5.Ag.S/c1-2;;/h1H2,2H3;;/q-1;;. The normalized spacial score (nSPS) is 3.00. The van der Waals surface area contributed by atoms with Crippen LogP contribution in [0.4, 0.5) is 0 Å². The molecule has 0 bridgehead atoms. The first-order valence-electron chi connectivity index (χ1n) is 0.830. The second-order valence-electron chi connectivity index (χ2n) is 0. The molecule has 0 amide bonds. The van der Waals surface area contributed by atoms with Crippen molar-refractivity contribution in [1.29, 1.82) is 0 Å². The molecule has 31 valence electrons. The fourth-order valence-electron chi connectivity index (χ4n) is 0. The van der Waals surface area contributed by atoms with E-state index in [1.54, 1.807) is 6.92 Å². The van der Waals surface area contributed by atoms with E-state index < -0.39 is 0 Å². The molecule has 2 heteroatoms. The van der Waals surface area contributed by atoms with Crippen molar-refractivity contribution in [2.45, 2.75) is 6.92 Å². The van der Waals surface area contributed by atoms with Gasteiger partial charge in [0.25, 0.3) is 0 Å². The van der Waals surface area contributed by atoms with Crippen LogP contribution in [0.5, 0.6) is 0 Å². The summed E-state index contributed by atoms with van der Waals surface area (Å²) in [7, 11) is 3.89. The van der Waals surface area contributed by atoms with Crippen LogP contribution in [-0.4, -0.2) is 0 Å². The van der Waals surface area contributed by atoms with Crippen LogP contribution in [0.25, 0.3) is 0 Å². The second-order valence-corrected chi connectivity index (χ2v) is 0. The summed E-state index contributed by atoms with van der Waals surface area (Å²) < 4.78 is 0. The van der Waals surface area contributed by atoms with Crippen LogP contribution in [0, 0.1) is 6.92 Å². The molecule has 0 radical (unpaired) electrons. The third-order valence-corrected chi connectivity index (χ3v) is 0. The maximum atomic E-state index is 3.89. The van der Waals surface area contributed by atoms with Gasteiger partial charge in [0.15, 0.2) is 0 Å². The van der Waals surface area contributed by atoms with E-state index in [0.29, 0.717) is 0 Å². The molecule has 0 unspecified atom stereocenters. The van der Waals surface area contributed by atoms with Crippen molar-refractivity contribution < 1.29 is 19.2 Å². The van der Waals surface area contributed by atoms with Crippen molar-refractivity contribution in [2.75, 3.05) is 0 Å². The van der Waals surface area contributed by atoms with Gasteiger partial charge in [-0.1, -0.05) is 0 Å². The summed E-state index contributed by atoms with van der Waals surface area (Å²) in [4.78, 5) is 0. The van der Waals surface area contributed by atoms with Gasteiger partial charge < -0.3 is 6.92 Å². The molecule has 0 fully saturated rings. The van der Waals surface area contributed by atoms with E-state index in [1.165, 1.54) is 0 Å². The van der Waals surface area contributed by atoms with Crippen LogP contribution in [0.15, 0.2) is 0 Å². The first kappa shape index (κ1) is 8.88. The van der Waals surface area contributed by atoms with Crippen LogP contribution < -0.4 is 0 Å². The molecule has 0 saturated carbocycles. The van der Waals surface area contributed by atoms with Gasteiger partial charge in [-0.25, -0.2) is 0 Å². The Morgan fingerprint density at radius 2 is 1.50 bits per heavy atom. The summed E-state index contributed by atoms with van der Waals surface area (Å²) in [6.45, 7) is 5.00. The van der Waals surface area contributed by atoms with Gasteiger partial charge in [0.2, 0.25) is 0 Å². The quantitative estimate of drug-likeness (QED) is 0.391. The Morgan fingerprint density at radius 1 is 1.50 bits per heavy atom. The van der Waals surface area contributed by atoms with Gasteiger partial charge in [-0.2, -0.15) is 6.92 Å². The summed E-state index contributed by atoms with van der Waals surface area (Å²) in [5.74, 6) is 0. The van der Waals surface area contributed by atoms with Crippen LogP contribution in [0.1, 0.15) is 6.92 Å². The topological polar surface area (TPSA) is 0 Å². The minimum absolute atomic E-state index is 1.75. The Bertz CT molecular complexity index is 6.00. The van der Waals surface area contributed by atoms with Crippen LogP contribution in [-0.2, 0) is 19.2 Å². The summed E-state index contributed by atoms with van der Waals surface area (Å²) in [6.07, 6.45) is 0. The SMILES string of the molecule is [CH2-]C.[S]=[Ag]. The molecular formula is C2H5AgS-. The third kappa shape index (κ3) is 12.3. The molecule has 0 atom stereocenters. The predicted octanol–water partition coefficient (Wildman–Crippen LogP) is 1.49. The fraction of sp³-hybridized carbons (Fsp3) is 0.500. The van der Waals surface area contributed by atoms with Crippen molar-refractivity contribution in [3.63, 3.8) is 0 Å². The molecule has 0 heterocycles. The van der Waals surface area contributed by atoms with E-state index in [0.717, 1.165) is 0 Å². The molecule has 0 spiro atoms. The van der Waals surface area contributed by atoms with E-state index >= 15 is 0 Å². The molecule has 0 N–H and O–H groups in total. The van der Waals surface area contributed by atoms with Crippen LogP contribution in [0.3, 0.4) is 0 Å². The van der Waals surface area contributed by atoms with Crippen molar-refractivity contribution in [3.8, 4) is 0 Å². The van der Waals surface area contributed by atoms with E-state index in [9.17, 15) is 0 Å². The second kappa shape index (κ2) is 37.6. The fourth-order valence-corrected chi connectivity index (χ4v) is 0. The summed E-state index contributed by atoms with van der Waals surface area (Å²) in [5, 5.41) is 0. The number of rotatable bonds is 0. The molecule has 4 heavy (non-hydrogen) atoms. The van der Waals surface area contributed by atoms with E-state index in [4.69, 9.17) is 0 Å². The molecule has 0 aliphatic heterocycles. The molecule has 0 aromatic heterocycles. The molecule has 0 saturated heterocycles. The van der Waals surface area contributed by atoms with Gasteiger partial charge in [-0.15, -0.1) is 0 Å². The zero-order valence-electron chi connectivity index (χ0n) is 2.42. The van der Waals surface area contributed by atoms with Gasteiger partial charge in [0, 0.05) is 0 Å². The Hall–Kier alpha value is 0.960. The summed E-state index contributed by atoms with van der Waals surface area (Å²) in [6, 6.07) is 0. The van der Waals surface area contributed by atoms with Crippen LogP contribution >= 0.6 is 9.58 Å². The van der Waals surface area contributed by atoms with Crippen molar-refractivity contribution in [1.82, 2.24) is 0 Å². The average Bonchev–Trinajstić information content (AvgIpc) is 1.50. The van der Waals surface area contributed by atoms with Gasteiger partial charge >= 0.3 is 28.8 Å². The predicted molar refractivity (Wildman–Crippen MR) is 18.6 cm³/mol. The van der Waals surface area contributed by atoms with Gasteiger partial charge in [0.05, 0.1) is 0 Å². The zero-order chi connectivity index (χ0) is 4.00. The molecule has 0 aromatic carbocycles. The van der Waals surface area contributed by atoms with Gasteiger partial charge in [-0.3, -0.25) is 0 Å². The molecule has 0 nitrogen and oxygen atoms in total. The number of hydrogen-bond acceptors (Lipinski definition) is 1. The summed E-state index contributed by atoms with van der Waals surface area (Å²) in [5.41, 5.74) is 0. The first-order valence-corrected chi connectivity index (χ1v) is 2.89. The van der Waals surface area contributed by atoms with Crippen LogP contribution in [0.2, 0.25) is 0 Å². The third-order valence-electron chi connectivity index (χ3n) is 0. The van der Waals surface area contributed by atoms with E-state index in [1.807, 2.05) is 0 Å². The van der Waals surface area contributed by atoms with Crippen molar-refractivity contribution in [2.24, 2.45) is 0 Å². The monoisotopic (exact) mass is 168 g/mol. The van der Waals surface area contributed by atoms with Gasteiger partial charge in [0.1, 0.15) is 0 Å². The maximum absolute atomic E-state index is 3.89. The van der Waals surface area contributed by atoms with E-state index in [2.05, 4.69) is 35.7 Å². The summed E-state index contributed by atoms with van der Waals surface area (Å²) >= 11 is 2.53. The molecule has 0 aromatic rings. The van der Waals surface area contributed by atoms with E-state index in [-0.39, 0.29) is 0 Å². The molecule has 0 aliphatic carbocycles. The minimum atomic E-state index is 1.75.